The molecule has 0 saturated carbocycles. The maximum atomic E-state index is 5.67. The van der Waals surface area contributed by atoms with Crippen molar-refractivity contribution in [2.45, 2.75) is 6.92 Å². The summed E-state index contributed by atoms with van der Waals surface area (Å²) in [5, 5.41) is 0. The number of benzene rings is 1. The molecule has 0 unspecified atom stereocenters. The lowest BCUT2D eigenvalue weighted by Crippen LogP contribution is -1.95. The van der Waals surface area contributed by atoms with Gasteiger partial charge in [0.2, 0.25) is 0 Å². The minimum Gasteiger partial charge on any atom is -0.457 e. The van der Waals surface area contributed by atoms with E-state index in [0.29, 0.717) is 11.4 Å². The average molecular weight is 201 g/mol. The van der Waals surface area contributed by atoms with Crippen molar-refractivity contribution in [3.63, 3.8) is 0 Å². The minimum absolute atomic E-state index is 0.652. The largest absolute Gasteiger partial charge is 0.457 e. The fourth-order valence-corrected chi connectivity index (χ4v) is 1.11. The van der Waals surface area contributed by atoms with E-state index in [1.165, 1.54) is 0 Å². The first kappa shape index (κ1) is 11.1. The lowest BCUT2D eigenvalue weighted by atomic mass is 10.2. The first-order valence-corrected chi connectivity index (χ1v) is 4.66. The molecule has 2 heteroatoms. The summed E-state index contributed by atoms with van der Waals surface area (Å²) in [5.74, 6) is 1.39. The zero-order valence-electron chi connectivity index (χ0n) is 8.86. The van der Waals surface area contributed by atoms with Crippen LogP contribution in [-0.4, -0.2) is 0 Å². The summed E-state index contributed by atoms with van der Waals surface area (Å²) >= 11 is 0. The van der Waals surface area contributed by atoms with Gasteiger partial charge in [-0.3, -0.25) is 0 Å². The third kappa shape index (κ3) is 3.02. The molecule has 0 aromatic heterocycles. The zero-order valence-corrected chi connectivity index (χ0v) is 8.86. The molecule has 1 aromatic carbocycles. The Labute approximate surface area is 90.4 Å². The molecule has 1 rings (SSSR count). The molecule has 0 amide bonds. The van der Waals surface area contributed by atoms with Gasteiger partial charge in [-0.05, 0) is 30.7 Å². The van der Waals surface area contributed by atoms with Gasteiger partial charge in [0.05, 0.1) is 0 Å². The Morgan fingerprint density at radius 2 is 2.13 bits per heavy atom. The summed E-state index contributed by atoms with van der Waals surface area (Å²) < 4.78 is 5.61. The van der Waals surface area contributed by atoms with Crippen molar-refractivity contribution >= 4 is 5.69 Å². The molecular weight excluding hydrogens is 186 g/mol. The second-order valence-electron chi connectivity index (χ2n) is 3.14. The van der Waals surface area contributed by atoms with E-state index in [4.69, 9.17) is 10.5 Å². The quantitative estimate of drug-likeness (QED) is 0.461. The molecule has 2 N–H and O–H groups in total. The molecule has 15 heavy (non-hydrogen) atoms. The molecular formula is C13H15NO. The van der Waals surface area contributed by atoms with E-state index >= 15 is 0 Å². The molecule has 2 nitrogen and oxygen atoms in total. The van der Waals surface area contributed by atoms with Gasteiger partial charge in [-0.1, -0.05) is 25.3 Å². The Kier molecular flexibility index (Phi) is 3.75. The molecule has 0 bridgehead atoms. The predicted octanol–water partition coefficient (Wildman–Crippen LogP) is 3.21. The number of aryl methyl sites for hydroxylation is 1. The van der Waals surface area contributed by atoms with Crippen LogP contribution >= 0.6 is 0 Å². The highest BCUT2D eigenvalue weighted by atomic mass is 16.5. The summed E-state index contributed by atoms with van der Waals surface area (Å²) in [6.45, 7) is 9.22. The van der Waals surface area contributed by atoms with Gasteiger partial charge in [0.25, 0.3) is 0 Å². The van der Waals surface area contributed by atoms with Crippen molar-refractivity contribution in [3.8, 4) is 5.75 Å². The van der Waals surface area contributed by atoms with Gasteiger partial charge in [-0.25, -0.2) is 0 Å². The van der Waals surface area contributed by atoms with Crippen molar-refractivity contribution < 1.29 is 4.74 Å². The smallest absolute Gasteiger partial charge is 0.132 e. The van der Waals surface area contributed by atoms with Crippen molar-refractivity contribution in [2.24, 2.45) is 0 Å². The van der Waals surface area contributed by atoms with Gasteiger partial charge in [-0.15, -0.1) is 0 Å². The van der Waals surface area contributed by atoms with Crippen LogP contribution in [-0.2, 0) is 0 Å². The minimum atomic E-state index is 0.652. The summed E-state index contributed by atoms with van der Waals surface area (Å²) in [5.41, 5.74) is 7.38. The van der Waals surface area contributed by atoms with E-state index in [1.807, 2.05) is 19.1 Å². The molecule has 0 heterocycles. The summed E-state index contributed by atoms with van der Waals surface area (Å²) in [7, 11) is 0. The monoisotopic (exact) mass is 201 g/mol. The number of allylic oxidation sites excluding steroid dienone is 3. The van der Waals surface area contributed by atoms with Crippen LogP contribution in [0.5, 0.6) is 5.75 Å². The zero-order chi connectivity index (χ0) is 11.3. The van der Waals surface area contributed by atoms with Crippen molar-refractivity contribution in [1.82, 2.24) is 0 Å². The Bertz CT molecular complexity index is 405. The molecule has 0 aliphatic rings. The lowest BCUT2D eigenvalue weighted by Gasteiger charge is -2.09. The Morgan fingerprint density at radius 1 is 1.40 bits per heavy atom. The van der Waals surface area contributed by atoms with Crippen molar-refractivity contribution in [2.75, 3.05) is 5.73 Å². The molecule has 0 fully saturated rings. The number of rotatable bonds is 4. The predicted molar refractivity (Wildman–Crippen MR) is 64.7 cm³/mol. The standard InChI is InChI=1S/C13H15NO/c1-4-6-12(5-2)15-13-9-11(14)8-7-10(13)3/h4-9H,1-2,14H2,3H3/b12-6+. The maximum Gasteiger partial charge on any atom is 0.132 e. The molecule has 0 aliphatic heterocycles. The highest BCUT2D eigenvalue weighted by Gasteiger charge is 2.01. The normalized spacial score (nSPS) is 10.9. The van der Waals surface area contributed by atoms with E-state index in [1.54, 1.807) is 24.3 Å². The Morgan fingerprint density at radius 3 is 2.73 bits per heavy atom. The van der Waals surface area contributed by atoms with Crippen LogP contribution in [0.1, 0.15) is 5.56 Å². The fourth-order valence-electron chi connectivity index (χ4n) is 1.11. The fraction of sp³-hybridized carbons (Fsp3) is 0.0769. The van der Waals surface area contributed by atoms with Crippen LogP contribution in [0.15, 0.2) is 55.3 Å². The van der Waals surface area contributed by atoms with Crippen LogP contribution in [0.25, 0.3) is 0 Å². The first-order valence-electron chi connectivity index (χ1n) is 4.66. The highest BCUT2D eigenvalue weighted by Crippen LogP contribution is 2.23. The second-order valence-corrected chi connectivity index (χ2v) is 3.14. The number of nitrogens with two attached hydrogens (primary N) is 1. The van der Waals surface area contributed by atoms with Gasteiger partial charge in [0.15, 0.2) is 0 Å². The van der Waals surface area contributed by atoms with Crippen LogP contribution in [0.3, 0.4) is 0 Å². The summed E-state index contributed by atoms with van der Waals surface area (Å²) in [6.07, 6.45) is 5.03. The highest BCUT2D eigenvalue weighted by molar-refractivity contribution is 5.48. The van der Waals surface area contributed by atoms with Gasteiger partial charge >= 0.3 is 0 Å². The SMILES string of the molecule is C=C/C=C(\C=C)Oc1cc(N)ccc1C. The number of anilines is 1. The first-order chi connectivity index (χ1) is 7.17. The maximum absolute atomic E-state index is 5.67. The Hall–Kier alpha value is -1.96. The van der Waals surface area contributed by atoms with Crippen LogP contribution in [0, 0.1) is 6.92 Å². The van der Waals surface area contributed by atoms with E-state index in [2.05, 4.69) is 13.2 Å². The number of hydrogen-bond acceptors (Lipinski definition) is 2. The molecule has 0 atom stereocenters. The number of hydrogen-bond donors (Lipinski definition) is 1. The number of nitrogen functional groups attached to an aromatic ring is 1. The molecule has 0 radical (unpaired) electrons. The number of ether oxygens (including phenoxy) is 1. The summed E-state index contributed by atoms with van der Waals surface area (Å²) in [6, 6.07) is 5.54. The van der Waals surface area contributed by atoms with Crippen LogP contribution in [0.2, 0.25) is 0 Å². The third-order valence-corrected chi connectivity index (χ3v) is 1.92. The molecule has 0 aliphatic carbocycles. The van der Waals surface area contributed by atoms with Crippen molar-refractivity contribution in [3.05, 3.63) is 60.9 Å². The molecule has 0 saturated heterocycles. The van der Waals surface area contributed by atoms with Crippen LogP contribution < -0.4 is 10.5 Å². The van der Waals surface area contributed by atoms with Gasteiger partial charge in [0.1, 0.15) is 11.5 Å². The van der Waals surface area contributed by atoms with E-state index < -0.39 is 0 Å². The summed E-state index contributed by atoms with van der Waals surface area (Å²) in [4.78, 5) is 0. The Balaban J connectivity index is 2.97. The molecule has 78 valence electrons. The second kappa shape index (κ2) is 5.05. The molecule has 0 spiro atoms. The van der Waals surface area contributed by atoms with Crippen LogP contribution in [0.4, 0.5) is 5.69 Å². The topological polar surface area (TPSA) is 35.2 Å². The van der Waals surface area contributed by atoms with Gasteiger partial charge in [-0.2, -0.15) is 0 Å². The lowest BCUT2D eigenvalue weighted by molar-refractivity contribution is 0.442. The van der Waals surface area contributed by atoms with Gasteiger partial charge < -0.3 is 10.5 Å². The van der Waals surface area contributed by atoms with E-state index in [9.17, 15) is 0 Å². The van der Waals surface area contributed by atoms with E-state index in [0.717, 1.165) is 11.3 Å². The van der Waals surface area contributed by atoms with Crippen molar-refractivity contribution in [1.29, 1.82) is 0 Å². The average Bonchev–Trinajstić information content (AvgIpc) is 2.22. The molecule has 1 aromatic rings. The van der Waals surface area contributed by atoms with Gasteiger partial charge in [0, 0.05) is 11.8 Å². The van der Waals surface area contributed by atoms with E-state index in [-0.39, 0.29) is 0 Å². The third-order valence-electron chi connectivity index (χ3n) is 1.92.